The van der Waals surface area contributed by atoms with Crippen molar-refractivity contribution in [3.63, 3.8) is 0 Å². The fraction of sp³-hybridized carbons (Fsp3) is 1.00. The van der Waals surface area contributed by atoms with Gasteiger partial charge in [0.05, 0.1) is 0 Å². The number of hydrogen-bond acceptors (Lipinski definition) is 1. The molecule has 1 N–H and O–H groups in total. The number of rotatable bonds is 14. The van der Waals surface area contributed by atoms with E-state index in [1.54, 1.807) is 0 Å². The molecule has 2 heteroatoms. The minimum Gasteiger partial charge on any atom is -1.00 e. The van der Waals surface area contributed by atoms with E-state index in [0.717, 1.165) is 6.42 Å². The van der Waals surface area contributed by atoms with Gasteiger partial charge in [0.1, 0.15) is 0 Å². The Bertz CT molecular complexity index is 120. The zero-order valence-electron chi connectivity index (χ0n) is 14.1. The van der Waals surface area contributed by atoms with Crippen LogP contribution in [0.2, 0.25) is 0 Å². The Hall–Kier alpha value is 1.60. The molecule has 0 aliphatic heterocycles. The van der Waals surface area contributed by atoms with E-state index in [-0.39, 0.29) is 52.8 Å². The minimum atomic E-state index is 0. The first-order valence-corrected chi connectivity index (χ1v) is 8.02. The van der Waals surface area contributed by atoms with E-state index in [2.05, 4.69) is 6.92 Å². The van der Waals surface area contributed by atoms with E-state index in [1.807, 2.05) is 0 Å². The van der Waals surface area contributed by atoms with Crippen LogP contribution in [-0.2, 0) is 0 Å². The van der Waals surface area contributed by atoms with E-state index < -0.39 is 0 Å². The molecule has 0 aromatic heterocycles. The van der Waals surface area contributed by atoms with Crippen molar-refractivity contribution >= 4 is 0 Å². The van der Waals surface area contributed by atoms with Crippen molar-refractivity contribution in [2.45, 2.75) is 96.8 Å². The third-order valence-electron chi connectivity index (χ3n) is 3.51. The molecule has 0 bridgehead atoms. The minimum absolute atomic E-state index is 0. The molecule has 0 saturated carbocycles. The van der Waals surface area contributed by atoms with Crippen LogP contribution in [0.15, 0.2) is 0 Å². The molecule has 0 saturated heterocycles. The van der Waals surface area contributed by atoms with Crippen LogP contribution in [0.4, 0.5) is 0 Å². The summed E-state index contributed by atoms with van der Waals surface area (Å²) in [6, 6.07) is 0. The first-order valence-electron chi connectivity index (χ1n) is 8.02. The average Bonchev–Trinajstić information content (AvgIpc) is 2.35. The van der Waals surface area contributed by atoms with Gasteiger partial charge in [-0.3, -0.25) is 0 Å². The second kappa shape index (κ2) is 20.9. The molecule has 0 aromatic rings. The standard InChI is InChI=1S/C16H34O.K.H/c1-2-3-4-5-6-7-8-9-10-11-12-13-14-15-16-17;;/h17H,2-16H2,1H3;;/q;+1;-1. The molecule has 0 aliphatic rings. The van der Waals surface area contributed by atoms with E-state index in [0.29, 0.717) is 6.61 Å². The van der Waals surface area contributed by atoms with Gasteiger partial charge in [-0.25, -0.2) is 0 Å². The predicted octanol–water partition coefficient (Wildman–Crippen LogP) is 2.58. The third-order valence-corrected chi connectivity index (χ3v) is 3.51. The molecule has 0 spiro atoms. The van der Waals surface area contributed by atoms with Gasteiger partial charge in [-0.05, 0) is 6.42 Å². The summed E-state index contributed by atoms with van der Waals surface area (Å²) in [6.07, 6.45) is 19.2. The van der Waals surface area contributed by atoms with Crippen molar-refractivity contribution in [1.29, 1.82) is 0 Å². The molecule has 0 rings (SSSR count). The van der Waals surface area contributed by atoms with Gasteiger partial charge in [0.25, 0.3) is 0 Å². The molecule has 0 aliphatic carbocycles. The molecular formula is C16H35KO. The second-order valence-corrected chi connectivity index (χ2v) is 5.32. The van der Waals surface area contributed by atoms with Gasteiger partial charge in [-0.1, -0.05) is 90.4 Å². The molecule has 18 heavy (non-hydrogen) atoms. The van der Waals surface area contributed by atoms with E-state index in [4.69, 9.17) is 5.11 Å². The van der Waals surface area contributed by atoms with Crippen molar-refractivity contribution in [3.8, 4) is 0 Å². The van der Waals surface area contributed by atoms with E-state index >= 15 is 0 Å². The molecule has 1 nitrogen and oxygen atoms in total. The smallest absolute Gasteiger partial charge is 1.00 e. The van der Waals surface area contributed by atoms with Gasteiger partial charge in [0, 0.05) is 6.61 Å². The molecule has 0 fully saturated rings. The van der Waals surface area contributed by atoms with Crippen molar-refractivity contribution < 1.29 is 57.9 Å². The summed E-state index contributed by atoms with van der Waals surface area (Å²) in [7, 11) is 0. The molecule has 0 heterocycles. The summed E-state index contributed by atoms with van der Waals surface area (Å²) in [5, 5.41) is 8.64. The zero-order valence-corrected chi connectivity index (χ0v) is 16.2. The van der Waals surface area contributed by atoms with Crippen LogP contribution in [0.25, 0.3) is 0 Å². The van der Waals surface area contributed by atoms with Crippen molar-refractivity contribution in [1.82, 2.24) is 0 Å². The fourth-order valence-electron chi connectivity index (χ4n) is 2.31. The molecule has 0 unspecified atom stereocenters. The number of aliphatic hydroxyl groups excluding tert-OH is 1. The third kappa shape index (κ3) is 19.9. The van der Waals surface area contributed by atoms with Gasteiger partial charge in [0.15, 0.2) is 0 Å². The predicted molar refractivity (Wildman–Crippen MR) is 78.5 cm³/mol. The van der Waals surface area contributed by atoms with Gasteiger partial charge in [0.2, 0.25) is 0 Å². The maximum Gasteiger partial charge on any atom is 1.00 e. The fourth-order valence-corrected chi connectivity index (χ4v) is 2.31. The average molecular weight is 283 g/mol. The van der Waals surface area contributed by atoms with Gasteiger partial charge < -0.3 is 6.53 Å². The SMILES string of the molecule is CCCCCCCCCCCCCCCCO.[H-].[K+]. The Morgan fingerprint density at radius 2 is 0.833 bits per heavy atom. The first kappa shape index (κ1) is 21.9. The Labute approximate surface area is 159 Å². The Morgan fingerprint density at radius 1 is 0.556 bits per heavy atom. The largest absolute Gasteiger partial charge is 1.00 e. The van der Waals surface area contributed by atoms with Gasteiger partial charge in [-0.2, -0.15) is 0 Å². The van der Waals surface area contributed by atoms with Crippen LogP contribution in [0.1, 0.15) is 98.2 Å². The summed E-state index contributed by atoms with van der Waals surface area (Å²) >= 11 is 0. The zero-order chi connectivity index (χ0) is 12.6. The second-order valence-electron chi connectivity index (χ2n) is 5.32. The van der Waals surface area contributed by atoms with Gasteiger partial charge >= 0.3 is 51.4 Å². The van der Waals surface area contributed by atoms with Crippen LogP contribution >= 0.6 is 0 Å². The summed E-state index contributed by atoms with van der Waals surface area (Å²) < 4.78 is 0. The number of unbranched alkanes of at least 4 members (excludes halogenated alkanes) is 13. The van der Waals surface area contributed by atoms with Crippen molar-refractivity contribution in [2.24, 2.45) is 0 Å². The molecular weight excluding hydrogens is 247 g/mol. The van der Waals surface area contributed by atoms with E-state index in [9.17, 15) is 0 Å². The number of hydrogen-bond donors (Lipinski definition) is 1. The first-order chi connectivity index (χ1) is 8.41. The maximum atomic E-state index is 8.64. The molecule has 106 valence electrons. The molecule has 0 amide bonds. The normalized spacial score (nSPS) is 10.3. The Kier molecular flexibility index (Phi) is 25.4. The molecule has 0 radical (unpaired) electrons. The van der Waals surface area contributed by atoms with Gasteiger partial charge in [-0.15, -0.1) is 0 Å². The topological polar surface area (TPSA) is 20.2 Å². The van der Waals surface area contributed by atoms with Crippen LogP contribution < -0.4 is 51.4 Å². The van der Waals surface area contributed by atoms with Crippen LogP contribution in [0.3, 0.4) is 0 Å². The molecule has 0 atom stereocenters. The summed E-state index contributed by atoms with van der Waals surface area (Å²) in [5.74, 6) is 0. The monoisotopic (exact) mass is 282 g/mol. The summed E-state index contributed by atoms with van der Waals surface area (Å²) in [5.41, 5.74) is 0. The van der Waals surface area contributed by atoms with Crippen molar-refractivity contribution in [2.75, 3.05) is 6.61 Å². The maximum absolute atomic E-state index is 8.64. The summed E-state index contributed by atoms with van der Waals surface area (Å²) in [4.78, 5) is 0. The van der Waals surface area contributed by atoms with Crippen LogP contribution in [-0.4, -0.2) is 11.7 Å². The van der Waals surface area contributed by atoms with E-state index in [1.165, 1.54) is 83.5 Å². The Balaban J connectivity index is -0.00000128. The quantitative estimate of drug-likeness (QED) is 0.383. The van der Waals surface area contributed by atoms with Crippen LogP contribution in [0, 0.1) is 0 Å². The van der Waals surface area contributed by atoms with Crippen LogP contribution in [0.5, 0.6) is 0 Å². The Morgan fingerprint density at radius 3 is 1.11 bits per heavy atom. The van der Waals surface area contributed by atoms with Crippen molar-refractivity contribution in [3.05, 3.63) is 0 Å². The molecule has 0 aromatic carbocycles. The number of aliphatic hydroxyl groups is 1. The summed E-state index contributed by atoms with van der Waals surface area (Å²) in [6.45, 7) is 2.65.